The molecule has 2 N–H and O–H groups in total. The molecular formula is C13H18F2N2O2S. The number of hydrogen-bond acceptors (Lipinski definition) is 4. The van der Waals surface area contributed by atoms with Gasteiger partial charge in [0.15, 0.2) is 0 Å². The van der Waals surface area contributed by atoms with Crippen molar-refractivity contribution < 1.29 is 17.2 Å². The van der Waals surface area contributed by atoms with Gasteiger partial charge in [0.05, 0.1) is 10.6 Å². The fourth-order valence-corrected chi connectivity index (χ4v) is 3.40. The Morgan fingerprint density at radius 1 is 1.40 bits per heavy atom. The van der Waals surface area contributed by atoms with Crippen LogP contribution in [0, 0.1) is 5.41 Å². The number of sulfone groups is 1. The summed E-state index contributed by atoms with van der Waals surface area (Å²) >= 11 is 0. The van der Waals surface area contributed by atoms with E-state index >= 15 is 0 Å². The highest BCUT2D eigenvalue weighted by Gasteiger charge is 2.36. The molecule has 1 fully saturated rings. The number of halogens is 2. The number of nitrogens with two attached hydrogens (primary N) is 1. The molecule has 1 unspecified atom stereocenters. The first kappa shape index (κ1) is 15.2. The van der Waals surface area contributed by atoms with Crippen LogP contribution in [0.4, 0.5) is 14.5 Å². The molecule has 112 valence electrons. The highest BCUT2D eigenvalue weighted by molar-refractivity contribution is 7.91. The lowest BCUT2D eigenvalue weighted by atomic mass is 9.90. The summed E-state index contributed by atoms with van der Waals surface area (Å²) < 4.78 is 49.0. The molecule has 2 rings (SSSR count). The molecule has 1 aromatic rings. The Morgan fingerprint density at radius 2 is 2.05 bits per heavy atom. The van der Waals surface area contributed by atoms with Crippen molar-refractivity contribution >= 4 is 15.5 Å². The van der Waals surface area contributed by atoms with Crippen LogP contribution in [0.25, 0.3) is 0 Å². The Balaban J connectivity index is 2.40. The van der Waals surface area contributed by atoms with Crippen LogP contribution in [-0.2, 0) is 9.84 Å². The summed E-state index contributed by atoms with van der Waals surface area (Å²) in [5.41, 5.74) is 5.94. The van der Waals surface area contributed by atoms with Crippen LogP contribution in [0.1, 0.15) is 13.3 Å². The molecule has 0 saturated carbocycles. The largest absolute Gasteiger partial charge is 0.370 e. The van der Waals surface area contributed by atoms with Gasteiger partial charge in [-0.25, -0.2) is 8.42 Å². The SMILES string of the molecule is CC1(CN)CCN(c2ccccc2S(=O)(=O)C(F)F)C1. The Morgan fingerprint density at radius 3 is 2.60 bits per heavy atom. The van der Waals surface area contributed by atoms with E-state index in [-0.39, 0.29) is 10.3 Å². The maximum atomic E-state index is 12.8. The predicted octanol–water partition coefficient (Wildman–Crippen LogP) is 1.86. The second kappa shape index (κ2) is 5.29. The van der Waals surface area contributed by atoms with Crippen LogP contribution in [0.5, 0.6) is 0 Å². The van der Waals surface area contributed by atoms with Gasteiger partial charge in [-0.3, -0.25) is 0 Å². The van der Waals surface area contributed by atoms with Crippen molar-refractivity contribution in [3.05, 3.63) is 24.3 Å². The summed E-state index contributed by atoms with van der Waals surface area (Å²) in [5.74, 6) is -3.41. The normalized spacial score (nSPS) is 23.6. The van der Waals surface area contributed by atoms with Crippen LogP contribution in [0.2, 0.25) is 0 Å². The first-order valence-electron chi connectivity index (χ1n) is 6.36. The van der Waals surface area contributed by atoms with Gasteiger partial charge in [-0.2, -0.15) is 8.78 Å². The molecule has 1 heterocycles. The van der Waals surface area contributed by atoms with E-state index in [4.69, 9.17) is 5.73 Å². The molecule has 1 saturated heterocycles. The zero-order chi connectivity index (χ0) is 15.0. The van der Waals surface area contributed by atoms with Crippen LogP contribution < -0.4 is 10.6 Å². The van der Waals surface area contributed by atoms with Gasteiger partial charge >= 0.3 is 5.76 Å². The molecule has 1 aliphatic heterocycles. The van der Waals surface area contributed by atoms with E-state index in [1.54, 1.807) is 12.1 Å². The maximum Gasteiger partial charge on any atom is 0.341 e. The second-order valence-corrected chi connectivity index (χ2v) is 7.35. The molecule has 4 nitrogen and oxygen atoms in total. The van der Waals surface area contributed by atoms with Gasteiger partial charge in [0.2, 0.25) is 9.84 Å². The van der Waals surface area contributed by atoms with Gasteiger partial charge in [-0.1, -0.05) is 19.1 Å². The third kappa shape index (κ3) is 2.64. The quantitative estimate of drug-likeness (QED) is 0.922. The average Bonchev–Trinajstić information content (AvgIpc) is 2.82. The number of anilines is 1. The van der Waals surface area contributed by atoms with Gasteiger partial charge < -0.3 is 10.6 Å². The van der Waals surface area contributed by atoms with Gasteiger partial charge in [0, 0.05) is 13.1 Å². The predicted molar refractivity (Wildman–Crippen MR) is 73.6 cm³/mol. The number of rotatable bonds is 4. The molecule has 1 atom stereocenters. The van der Waals surface area contributed by atoms with E-state index < -0.39 is 15.6 Å². The Kier molecular flexibility index (Phi) is 4.02. The Labute approximate surface area is 117 Å². The van der Waals surface area contributed by atoms with Crippen LogP contribution in [-0.4, -0.2) is 33.8 Å². The molecule has 0 aromatic heterocycles. The van der Waals surface area contributed by atoms with E-state index in [1.807, 2.05) is 11.8 Å². The van der Waals surface area contributed by atoms with Crippen molar-refractivity contribution in [2.75, 3.05) is 24.5 Å². The monoisotopic (exact) mass is 304 g/mol. The molecule has 20 heavy (non-hydrogen) atoms. The summed E-state index contributed by atoms with van der Waals surface area (Å²) in [6.45, 7) is 3.67. The summed E-state index contributed by atoms with van der Waals surface area (Å²) in [6.07, 6.45) is 0.812. The lowest BCUT2D eigenvalue weighted by molar-refractivity contribution is 0.235. The first-order chi connectivity index (χ1) is 9.30. The summed E-state index contributed by atoms with van der Waals surface area (Å²) in [4.78, 5) is 1.51. The third-order valence-corrected chi connectivity index (χ3v) is 5.23. The van der Waals surface area contributed by atoms with E-state index in [2.05, 4.69) is 0 Å². The topological polar surface area (TPSA) is 63.4 Å². The number of para-hydroxylation sites is 1. The van der Waals surface area contributed by atoms with Gasteiger partial charge in [-0.15, -0.1) is 0 Å². The zero-order valence-electron chi connectivity index (χ0n) is 11.2. The minimum atomic E-state index is -4.60. The lowest BCUT2D eigenvalue weighted by Gasteiger charge is -2.25. The average molecular weight is 304 g/mol. The number of nitrogens with zero attached hydrogens (tertiary/aromatic N) is 1. The van der Waals surface area contributed by atoms with Crippen molar-refractivity contribution in [3.63, 3.8) is 0 Å². The lowest BCUT2D eigenvalue weighted by Crippen LogP contribution is -2.32. The summed E-state index contributed by atoms with van der Waals surface area (Å²) in [7, 11) is -4.60. The molecule has 0 amide bonds. The number of hydrogen-bond donors (Lipinski definition) is 1. The van der Waals surface area contributed by atoms with Crippen molar-refractivity contribution in [3.8, 4) is 0 Å². The summed E-state index contributed by atoms with van der Waals surface area (Å²) in [6, 6.07) is 5.90. The highest BCUT2D eigenvalue weighted by atomic mass is 32.2. The van der Waals surface area contributed by atoms with E-state index in [0.29, 0.717) is 25.3 Å². The Bertz CT molecular complexity index is 592. The minimum absolute atomic E-state index is 0.109. The minimum Gasteiger partial charge on any atom is -0.370 e. The molecule has 0 aliphatic carbocycles. The number of alkyl halides is 2. The molecule has 1 aliphatic rings. The van der Waals surface area contributed by atoms with Crippen molar-refractivity contribution in [1.82, 2.24) is 0 Å². The summed E-state index contributed by atoms with van der Waals surface area (Å²) in [5, 5.41) is 0. The molecule has 0 bridgehead atoms. The fraction of sp³-hybridized carbons (Fsp3) is 0.538. The van der Waals surface area contributed by atoms with E-state index in [1.165, 1.54) is 12.1 Å². The van der Waals surface area contributed by atoms with Gasteiger partial charge in [0.25, 0.3) is 0 Å². The van der Waals surface area contributed by atoms with Crippen LogP contribution in [0.3, 0.4) is 0 Å². The first-order valence-corrected chi connectivity index (χ1v) is 7.91. The van der Waals surface area contributed by atoms with Gasteiger partial charge in [0.1, 0.15) is 0 Å². The smallest absolute Gasteiger partial charge is 0.341 e. The molecule has 7 heteroatoms. The second-order valence-electron chi connectivity index (χ2n) is 5.46. The fourth-order valence-electron chi connectivity index (χ4n) is 2.45. The van der Waals surface area contributed by atoms with E-state index in [0.717, 1.165) is 6.42 Å². The van der Waals surface area contributed by atoms with E-state index in [9.17, 15) is 17.2 Å². The zero-order valence-corrected chi connectivity index (χ0v) is 12.0. The van der Waals surface area contributed by atoms with Gasteiger partial charge in [-0.05, 0) is 30.5 Å². The molecule has 0 spiro atoms. The third-order valence-electron chi connectivity index (χ3n) is 3.80. The highest BCUT2D eigenvalue weighted by Crippen LogP contribution is 2.36. The standard InChI is InChI=1S/C13H18F2N2O2S/c1-13(8-16)6-7-17(9-13)10-4-2-3-5-11(10)20(18,19)12(14)15/h2-5,12H,6-9,16H2,1H3. The van der Waals surface area contributed by atoms with Crippen LogP contribution in [0.15, 0.2) is 29.2 Å². The van der Waals surface area contributed by atoms with Crippen LogP contribution >= 0.6 is 0 Å². The molecular weight excluding hydrogens is 286 g/mol. The number of benzene rings is 1. The van der Waals surface area contributed by atoms with Crippen molar-refractivity contribution in [2.24, 2.45) is 11.1 Å². The molecule has 0 radical (unpaired) electrons. The Hall–Kier alpha value is -1.21. The molecule has 1 aromatic carbocycles. The van der Waals surface area contributed by atoms with Crippen molar-refractivity contribution in [1.29, 1.82) is 0 Å². The maximum absolute atomic E-state index is 12.8. The van der Waals surface area contributed by atoms with Crippen molar-refractivity contribution in [2.45, 2.75) is 24.0 Å².